The zero-order chi connectivity index (χ0) is 22.2. The summed E-state index contributed by atoms with van der Waals surface area (Å²) in [6.07, 6.45) is 9.11. The third-order valence-corrected chi connectivity index (χ3v) is 2.12. The van der Waals surface area contributed by atoms with Crippen LogP contribution in [-0.2, 0) is 34.8 Å². The van der Waals surface area contributed by atoms with Crippen LogP contribution in [0.15, 0.2) is 0 Å². The number of rotatable bonds is 6. The van der Waals surface area contributed by atoms with E-state index in [0.29, 0.717) is 0 Å². The minimum atomic E-state index is -1.18. The molecule has 0 N–H and O–H groups in total. The molecule has 0 aliphatic rings. The van der Waals surface area contributed by atoms with Gasteiger partial charge in [-0.25, -0.2) is 0 Å². The van der Waals surface area contributed by atoms with E-state index in [1.54, 1.807) is 0 Å². The van der Waals surface area contributed by atoms with Crippen LogP contribution in [-0.4, -0.2) is 71.3 Å². The van der Waals surface area contributed by atoms with E-state index in [1.165, 1.54) is 25.7 Å². The number of carbonyl (C=O) groups is 2. The minimum Gasteiger partial charge on any atom is -0.787 e. The molecule has 8 heteroatoms. The fraction of sp³-hybridized carbons (Fsp3) is 0.700. The molecule has 0 fully saturated rings. The van der Waals surface area contributed by atoms with Crippen LogP contribution in [0.3, 0.4) is 0 Å². The second-order valence-electron chi connectivity index (χ2n) is 4.45. The van der Waals surface area contributed by atoms with Gasteiger partial charge in [0.2, 0.25) is 0 Å². The van der Waals surface area contributed by atoms with Crippen LogP contribution in [0.4, 0.5) is 0 Å². The topological polar surface area (TPSA) is 80.3 Å². The van der Waals surface area contributed by atoms with Crippen LogP contribution in [0.5, 0.6) is 0 Å². The van der Waals surface area contributed by atoms with Crippen molar-refractivity contribution in [2.45, 2.75) is 79.1 Å². The second-order valence-corrected chi connectivity index (χ2v) is 5.02. The van der Waals surface area contributed by atoms with Crippen molar-refractivity contribution in [3.8, 4) is 0 Å². The number of aliphatic carboxylic acids is 2. The average Bonchev–Trinajstić information content (AvgIpc) is 2.68. The van der Waals surface area contributed by atoms with Crippen molar-refractivity contribution in [2.75, 3.05) is 11.5 Å². The molecule has 4 nitrogen and oxygen atoms in total. The van der Waals surface area contributed by atoms with Crippen LogP contribution in [0, 0.1) is 27.7 Å². The fourth-order valence-electron chi connectivity index (χ4n) is 0. The predicted molar refractivity (Wildman–Crippen MR) is 127 cm³/mol. The van der Waals surface area contributed by atoms with Crippen LogP contribution in [0.2, 0.25) is 0 Å². The molecule has 0 aromatic heterocycles. The molecule has 0 spiro atoms. The Morgan fingerprint density at radius 2 is 0.679 bits per heavy atom. The molecular weight excluding hydrogens is 606 g/mol. The second kappa shape index (κ2) is 70.5. The van der Waals surface area contributed by atoms with Gasteiger partial charge in [0.15, 0.2) is 0 Å². The Balaban J connectivity index is -0.0000000283. The first kappa shape index (κ1) is 51.7. The Bertz CT molecular complexity index is 186. The number of hydrogen-bond acceptors (Lipinski definition) is 6. The Morgan fingerprint density at radius 3 is 0.679 bits per heavy atom. The molecule has 0 aliphatic heterocycles. The summed E-state index contributed by atoms with van der Waals surface area (Å²) in [7, 11) is 0. The van der Waals surface area contributed by atoms with Gasteiger partial charge in [0.1, 0.15) is 0 Å². The van der Waals surface area contributed by atoms with Crippen molar-refractivity contribution in [3.63, 3.8) is 0 Å². The van der Waals surface area contributed by atoms with E-state index < -0.39 is 11.9 Å². The van der Waals surface area contributed by atoms with Crippen molar-refractivity contribution in [3.05, 3.63) is 27.7 Å². The van der Waals surface area contributed by atoms with Gasteiger partial charge in [-0.2, -0.15) is 0 Å². The van der Waals surface area contributed by atoms with E-state index in [0.717, 1.165) is 25.7 Å². The van der Waals surface area contributed by atoms with Crippen molar-refractivity contribution in [2.24, 2.45) is 0 Å². The summed E-state index contributed by atoms with van der Waals surface area (Å²) in [5.41, 5.74) is 0. The SMILES string of the molecule is O=C([O-])C[S-].O=C([O-])C[S-].[CH2]CCC.[CH2]CCC.[CH2]CCC.[CH2]CCC.[Sn+2].[Sn+2]. The standard InChI is InChI=1S/4C4H9.2C2H4O2S.2Sn/c4*1-3-4-2;2*3-2(4)1-5;;/h4*1,3-4H2,2H3;2*5H,1H2,(H,3,4);;/q;;;;;;2*+2/p-4. The summed E-state index contributed by atoms with van der Waals surface area (Å²) < 4.78 is 0. The summed E-state index contributed by atoms with van der Waals surface area (Å²) in [4.78, 5) is 18.3. The maximum Gasteiger partial charge on any atom is 2.00 e. The van der Waals surface area contributed by atoms with Gasteiger partial charge in [-0.15, -0.1) is 11.5 Å². The van der Waals surface area contributed by atoms with E-state index in [4.69, 9.17) is 19.8 Å². The zero-order valence-corrected chi connectivity index (χ0v) is 25.7. The Kier molecular flexibility index (Phi) is 130. The van der Waals surface area contributed by atoms with Gasteiger partial charge < -0.3 is 45.1 Å². The molecule has 0 aliphatic carbocycles. The van der Waals surface area contributed by atoms with E-state index in [2.05, 4.69) is 80.6 Å². The predicted octanol–water partition coefficient (Wildman–Crippen LogP) is 2.29. The summed E-state index contributed by atoms with van der Waals surface area (Å²) in [6, 6.07) is 0. The molecule has 0 unspecified atom stereocenters. The fourth-order valence-corrected chi connectivity index (χ4v) is 0. The first-order valence-corrected chi connectivity index (χ1v) is 10.1. The minimum absolute atomic E-state index is 0. The van der Waals surface area contributed by atoms with Crippen molar-refractivity contribution in [1.82, 2.24) is 0 Å². The van der Waals surface area contributed by atoms with Crippen LogP contribution >= 0.6 is 0 Å². The molecule has 28 heavy (non-hydrogen) atoms. The van der Waals surface area contributed by atoms with E-state index in [-0.39, 0.29) is 59.3 Å². The number of unbranched alkanes of at least 4 members (excludes halogenated alkanes) is 4. The maximum absolute atomic E-state index is 9.15. The van der Waals surface area contributed by atoms with Crippen LogP contribution in [0.1, 0.15) is 79.1 Å². The molecular formula is C20H40O4S2Sn2. The molecule has 0 saturated carbocycles. The molecule has 0 heterocycles. The molecule has 0 rings (SSSR count). The molecule has 0 atom stereocenters. The Morgan fingerprint density at radius 1 is 0.607 bits per heavy atom. The molecule has 0 saturated heterocycles. The first-order chi connectivity index (χ1) is 12.2. The largest absolute Gasteiger partial charge is 2.00 e. The maximum atomic E-state index is 9.15. The first-order valence-electron chi connectivity index (χ1n) is 8.93. The van der Waals surface area contributed by atoms with Gasteiger partial charge >= 0.3 is 47.8 Å². The van der Waals surface area contributed by atoms with Gasteiger partial charge in [-0.05, 0) is 0 Å². The van der Waals surface area contributed by atoms with Crippen molar-refractivity contribution in [1.29, 1.82) is 0 Å². The number of carbonyl (C=O) groups excluding carboxylic acids is 2. The van der Waals surface area contributed by atoms with E-state index in [9.17, 15) is 0 Å². The number of hydrogen-bond donors (Lipinski definition) is 0. The number of carboxylic acid groups (broad SMARTS) is 2. The smallest absolute Gasteiger partial charge is 0.787 e. The summed E-state index contributed by atoms with van der Waals surface area (Å²) in [5, 5.41) is 18.3. The molecule has 0 amide bonds. The van der Waals surface area contributed by atoms with E-state index >= 15 is 0 Å². The summed E-state index contributed by atoms with van der Waals surface area (Å²) in [5.74, 6) is -2.97. The van der Waals surface area contributed by atoms with Crippen LogP contribution in [0.25, 0.3) is 0 Å². The van der Waals surface area contributed by atoms with Crippen molar-refractivity contribution < 1.29 is 19.8 Å². The summed E-state index contributed by atoms with van der Waals surface area (Å²) >= 11 is 8.03. The molecule has 0 bridgehead atoms. The number of carboxylic acids is 2. The zero-order valence-electron chi connectivity index (χ0n) is 18.3. The third-order valence-electron chi connectivity index (χ3n) is 1.65. The van der Waals surface area contributed by atoms with E-state index in [1.807, 2.05) is 0 Å². The van der Waals surface area contributed by atoms with Crippen molar-refractivity contribution >= 4 is 85.0 Å². The summed E-state index contributed by atoms with van der Waals surface area (Å²) in [6.45, 7) is 22.9. The quantitative estimate of drug-likeness (QED) is 0.326. The van der Waals surface area contributed by atoms with Gasteiger partial charge in [-0.3, -0.25) is 0 Å². The van der Waals surface area contributed by atoms with Gasteiger partial charge in [0, 0.05) is 11.9 Å². The molecule has 164 valence electrons. The van der Waals surface area contributed by atoms with Gasteiger partial charge in [0.05, 0.1) is 0 Å². The Labute approximate surface area is 221 Å². The normalized spacial score (nSPS) is 6.93. The molecule has 8 radical (unpaired) electrons. The monoisotopic (exact) mass is 648 g/mol. The Hall–Kier alpha value is 1.24. The van der Waals surface area contributed by atoms with Crippen LogP contribution < -0.4 is 10.2 Å². The molecule has 0 aromatic rings. The molecule has 0 aromatic carbocycles. The third kappa shape index (κ3) is 220. The average molecular weight is 646 g/mol. The van der Waals surface area contributed by atoms with Gasteiger partial charge in [-0.1, -0.05) is 107 Å². The van der Waals surface area contributed by atoms with Gasteiger partial charge in [0.25, 0.3) is 0 Å².